The lowest BCUT2D eigenvalue weighted by Crippen LogP contribution is -2.04. The average Bonchev–Trinajstić information content (AvgIpc) is 3.09. The van der Waals surface area contributed by atoms with Crippen molar-refractivity contribution in [3.8, 4) is 11.4 Å². The van der Waals surface area contributed by atoms with E-state index in [1.165, 1.54) is 18.7 Å². The molecule has 0 aliphatic carbocycles. The van der Waals surface area contributed by atoms with Crippen molar-refractivity contribution in [3.63, 3.8) is 0 Å². The monoisotopic (exact) mass is 339 g/mol. The number of benzene rings is 2. The fourth-order valence-electron chi connectivity index (χ4n) is 2.19. The number of thioether (sulfide) groups is 1. The molecule has 0 bridgehead atoms. The van der Waals surface area contributed by atoms with Crippen LogP contribution < -0.4 is 4.74 Å². The number of ether oxygens (including phenoxy) is 1. The van der Waals surface area contributed by atoms with E-state index >= 15 is 0 Å². The molecule has 0 aliphatic rings. The Kier molecular flexibility index (Phi) is 5.28. The van der Waals surface area contributed by atoms with Gasteiger partial charge in [-0.15, -0.1) is 5.10 Å². The van der Waals surface area contributed by atoms with Crippen molar-refractivity contribution in [2.24, 2.45) is 0 Å². The highest BCUT2D eigenvalue weighted by molar-refractivity contribution is 7.99. The van der Waals surface area contributed by atoms with Gasteiger partial charge in [0.1, 0.15) is 12.1 Å². The summed E-state index contributed by atoms with van der Waals surface area (Å²) in [6, 6.07) is 17.1. The molecule has 2 aromatic carbocycles. The van der Waals surface area contributed by atoms with Gasteiger partial charge in [0.2, 0.25) is 5.16 Å². The zero-order chi connectivity index (χ0) is 16.8. The summed E-state index contributed by atoms with van der Waals surface area (Å²) in [7, 11) is 0. The molecule has 3 aromatic rings. The lowest BCUT2D eigenvalue weighted by molar-refractivity contribution is 0.101. The summed E-state index contributed by atoms with van der Waals surface area (Å²) in [4.78, 5) is 15.8. The van der Waals surface area contributed by atoms with Gasteiger partial charge in [-0.25, -0.2) is 9.67 Å². The molecule has 0 unspecified atom stereocenters. The zero-order valence-electron chi connectivity index (χ0n) is 13.3. The number of Topliss-reactive ketones (excluding diaryl/α,β-unsaturated/α-hetero) is 1. The Bertz CT molecular complexity index is 818. The predicted molar refractivity (Wildman–Crippen MR) is 94.0 cm³/mol. The average molecular weight is 339 g/mol. The Balaban J connectivity index is 1.53. The maximum absolute atomic E-state index is 11.5. The first-order valence-corrected chi connectivity index (χ1v) is 8.55. The van der Waals surface area contributed by atoms with Crippen LogP contribution in [0.1, 0.15) is 17.3 Å². The molecular weight excluding hydrogens is 322 g/mol. The number of para-hydroxylation sites is 2. The van der Waals surface area contributed by atoms with Crippen molar-refractivity contribution in [3.05, 3.63) is 66.5 Å². The van der Waals surface area contributed by atoms with E-state index in [-0.39, 0.29) is 5.78 Å². The van der Waals surface area contributed by atoms with Crippen molar-refractivity contribution in [2.75, 3.05) is 12.4 Å². The van der Waals surface area contributed by atoms with E-state index < -0.39 is 0 Å². The first-order valence-electron chi connectivity index (χ1n) is 7.56. The Labute approximate surface area is 144 Å². The van der Waals surface area contributed by atoms with E-state index in [9.17, 15) is 4.79 Å². The highest BCUT2D eigenvalue weighted by Gasteiger charge is 2.08. The summed E-state index contributed by atoms with van der Waals surface area (Å²) in [5.74, 6) is 1.32. The van der Waals surface area contributed by atoms with E-state index in [1.807, 2.05) is 48.5 Å². The van der Waals surface area contributed by atoms with Crippen molar-refractivity contribution in [1.82, 2.24) is 14.8 Å². The minimum Gasteiger partial charge on any atom is -0.492 e. The largest absolute Gasteiger partial charge is 0.492 e. The molecule has 6 heteroatoms. The van der Waals surface area contributed by atoms with Gasteiger partial charge in [0.25, 0.3) is 0 Å². The molecule has 0 atom stereocenters. The number of carbonyl (C=O) groups is 1. The van der Waals surface area contributed by atoms with Gasteiger partial charge in [0.15, 0.2) is 5.78 Å². The molecule has 0 fully saturated rings. The van der Waals surface area contributed by atoms with E-state index in [2.05, 4.69) is 10.1 Å². The number of ketones is 1. The number of hydrogen-bond acceptors (Lipinski definition) is 5. The maximum atomic E-state index is 11.5. The minimum atomic E-state index is 0.00141. The van der Waals surface area contributed by atoms with Crippen molar-refractivity contribution in [1.29, 1.82) is 0 Å². The highest BCUT2D eigenvalue weighted by atomic mass is 32.2. The Morgan fingerprint density at radius 1 is 1.12 bits per heavy atom. The molecule has 122 valence electrons. The molecule has 0 aliphatic heterocycles. The van der Waals surface area contributed by atoms with Gasteiger partial charge in [-0.3, -0.25) is 4.79 Å². The van der Waals surface area contributed by atoms with Gasteiger partial charge in [0, 0.05) is 5.75 Å². The smallest absolute Gasteiger partial charge is 0.208 e. The summed E-state index contributed by atoms with van der Waals surface area (Å²) < 4.78 is 7.45. The predicted octanol–water partition coefficient (Wildman–Crippen LogP) is 3.64. The summed E-state index contributed by atoms with van der Waals surface area (Å²) in [5, 5.41) is 5.13. The highest BCUT2D eigenvalue weighted by Crippen LogP contribution is 2.19. The third kappa shape index (κ3) is 4.02. The van der Waals surface area contributed by atoms with Crippen LogP contribution in [-0.2, 0) is 0 Å². The Morgan fingerprint density at radius 2 is 1.88 bits per heavy atom. The van der Waals surface area contributed by atoms with Crippen LogP contribution in [0, 0.1) is 0 Å². The van der Waals surface area contributed by atoms with Crippen LogP contribution in [0.5, 0.6) is 5.75 Å². The molecule has 0 saturated carbocycles. The molecule has 0 N–H and O–H groups in total. The van der Waals surface area contributed by atoms with Crippen LogP contribution in [0.2, 0.25) is 0 Å². The summed E-state index contributed by atoms with van der Waals surface area (Å²) in [6.45, 7) is 2.02. The molecule has 0 spiro atoms. The van der Waals surface area contributed by atoms with Crippen LogP contribution in [-0.4, -0.2) is 32.9 Å². The van der Waals surface area contributed by atoms with Gasteiger partial charge in [-0.1, -0.05) is 42.1 Å². The molecule has 5 nitrogen and oxygen atoms in total. The molecule has 3 rings (SSSR count). The van der Waals surface area contributed by atoms with Crippen LogP contribution in [0.4, 0.5) is 0 Å². The molecule has 24 heavy (non-hydrogen) atoms. The van der Waals surface area contributed by atoms with Crippen LogP contribution in [0.25, 0.3) is 5.69 Å². The maximum Gasteiger partial charge on any atom is 0.208 e. The van der Waals surface area contributed by atoms with Gasteiger partial charge < -0.3 is 4.74 Å². The van der Waals surface area contributed by atoms with Gasteiger partial charge in [-0.05, 0) is 31.2 Å². The molecule has 0 saturated heterocycles. The van der Waals surface area contributed by atoms with Crippen molar-refractivity contribution >= 4 is 17.5 Å². The number of carbonyl (C=O) groups excluding carboxylic acids is 1. The second kappa shape index (κ2) is 7.79. The first-order chi connectivity index (χ1) is 11.7. The van der Waals surface area contributed by atoms with Gasteiger partial charge in [0.05, 0.1) is 17.9 Å². The van der Waals surface area contributed by atoms with E-state index in [0.29, 0.717) is 28.8 Å². The van der Waals surface area contributed by atoms with Gasteiger partial charge >= 0.3 is 0 Å². The van der Waals surface area contributed by atoms with E-state index in [1.54, 1.807) is 17.1 Å². The molecule has 1 heterocycles. The third-order valence-corrected chi connectivity index (χ3v) is 4.15. The van der Waals surface area contributed by atoms with E-state index in [0.717, 1.165) is 5.69 Å². The summed E-state index contributed by atoms with van der Waals surface area (Å²) in [6.07, 6.45) is 1.70. The number of hydrogen-bond donors (Lipinski definition) is 0. The second-order valence-electron chi connectivity index (χ2n) is 5.06. The minimum absolute atomic E-state index is 0.00141. The normalized spacial score (nSPS) is 10.5. The van der Waals surface area contributed by atoms with Crippen LogP contribution in [0.15, 0.2) is 66.1 Å². The molecule has 0 amide bonds. The van der Waals surface area contributed by atoms with Crippen LogP contribution >= 0.6 is 11.8 Å². The number of aromatic nitrogens is 3. The molecular formula is C18H17N3O2S. The quantitative estimate of drug-likeness (QED) is 0.374. The fourth-order valence-corrected chi connectivity index (χ4v) is 2.80. The molecule has 1 aromatic heterocycles. The SMILES string of the molecule is CC(=O)c1ccccc1OCCSc1ncn(-c2ccccc2)n1. The van der Waals surface area contributed by atoms with E-state index in [4.69, 9.17) is 4.74 Å². The summed E-state index contributed by atoms with van der Waals surface area (Å²) in [5.41, 5.74) is 1.58. The summed E-state index contributed by atoms with van der Waals surface area (Å²) >= 11 is 1.52. The lowest BCUT2D eigenvalue weighted by atomic mass is 10.1. The fraction of sp³-hybridized carbons (Fsp3) is 0.167. The zero-order valence-corrected chi connectivity index (χ0v) is 14.1. The third-order valence-electron chi connectivity index (χ3n) is 3.33. The second-order valence-corrected chi connectivity index (χ2v) is 6.12. The Morgan fingerprint density at radius 3 is 2.67 bits per heavy atom. The van der Waals surface area contributed by atoms with Gasteiger partial charge in [-0.2, -0.15) is 0 Å². The topological polar surface area (TPSA) is 57.0 Å². The first kappa shape index (κ1) is 16.3. The molecule has 0 radical (unpaired) electrons. The lowest BCUT2D eigenvalue weighted by Gasteiger charge is -2.08. The van der Waals surface area contributed by atoms with Crippen LogP contribution in [0.3, 0.4) is 0 Å². The number of rotatable bonds is 7. The Hall–Kier alpha value is -2.60. The van der Waals surface area contributed by atoms with Crippen molar-refractivity contribution < 1.29 is 9.53 Å². The number of nitrogens with zero attached hydrogens (tertiary/aromatic N) is 3. The van der Waals surface area contributed by atoms with Crippen molar-refractivity contribution in [2.45, 2.75) is 12.1 Å². The standard InChI is InChI=1S/C18H17N3O2S/c1-14(22)16-9-5-6-10-17(16)23-11-12-24-18-19-13-21(20-18)15-7-3-2-4-8-15/h2-10,13H,11-12H2,1H3.